The molecular weight excluding hydrogens is 392 g/mol. The van der Waals surface area contributed by atoms with Gasteiger partial charge >= 0.3 is 0 Å². The average Bonchev–Trinajstić information content (AvgIpc) is 3.09. The van der Waals surface area contributed by atoms with Crippen molar-refractivity contribution in [2.45, 2.75) is 6.54 Å². The van der Waals surface area contributed by atoms with Crippen molar-refractivity contribution in [3.63, 3.8) is 0 Å². The van der Waals surface area contributed by atoms with Gasteiger partial charge in [-0.05, 0) is 46.8 Å². The maximum Gasteiger partial charge on any atom is 0.269 e. The second-order valence-electron chi connectivity index (χ2n) is 4.97. The lowest BCUT2D eigenvalue weighted by Gasteiger charge is -2.06. The van der Waals surface area contributed by atoms with Crippen LogP contribution in [0.4, 0.5) is 5.69 Å². The average molecular weight is 403 g/mol. The maximum atomic E-state index is 12.1. The summed E-state index contributed by atoms with van der Waals surface area (Å²) < 4.78 is 2.44. The van der Waals surface area contributed by atoms with Crippen molar-refractivity contribution in [1.82, 2.24) is 25.5 Å². The zero-order valence-corrected chi connectivity index (χ0v) is 14.3. The molecule has 0 aliphatic rings. The van der Waals surface area contributed by atoms with E-state index in [2.05, 4.69) is 36.8 Å². The number of nitro benzene ring substituents is 1. The number of hydrogen-bond donors (Lipinski definition) is 1. The van der Waals surface area contributed by atoms with Crippen LogP contribution in [0.2, 0.25) is 0 Å². The molecule has 0 saturated heterocycles. The number of halogens is 1. The van der Waals surface area contributed by atoms with Crippen LogP contribution in [0.1, 0.15) is 16.2 Å². The third-order valence-electron chi connectivity index (χ3n) is 3.35. The first-order valence-electron chi connectivity index (χ1n) is 7.10. The number of nitrogens with one attached hydrogen (secondary N) is 1. The summed E-state index contributed by atoms with van der Waals surface area (Å²) in [5.41, 5.74) is 0.997. The molecule has 10 heteroatoms. The normalized spacial score (nSPS) is 10.4. The number of rotatable bonds is 5. The molecule has 0 spiro atoms. The Labute approximate surface area is 149 Å². The van der Waals surface area contributed by atoms with Gasteiger partial charge in [0.1, 0.15) is 0 Å². The van der Waals surface area contributed by atoms with Gasteiger partial charge in [-0.15, -0.1) is 5.10 Å². The minimum Gasteiger partial charge on any atom is -0.345 e. The number of tetrazole rings is 1. The number of carbonyl (C=O) groups is 1. The molecule has 1 heterocycles. The molecule has 0 aliphatic heterocycles. The van der Waals surface area contributed by atoms with E-state index in [9.17, 15) is 14.9 Å². The van der Waals surface area contributed by atoms with Crippen LogP contribution in [0.5, 0.6) is 0 Å². The van der Waals surface area contributed by atoms with E-state index in [4.69, 9.17) is 0 Å². The molecule has 1 aromatic heterocycles. The number of benzene rings is 2. The van der Waals surface area contributed by atoms with E-state index in [0.29, 0.717) is 11.4 Å². The highest BCUT2D eigenvalue weighted by Crippen LogP contribution is 2.14. The molecule has 1 amide bonds. The van der Waals surface area contributed by atoms with Crippen molar-refractivity contribution in [1.29, 1.82) is 0 Å². The van der Waals surface area contributed by atoms with E-state index in [0.717, 1.165) is 10.2 Å². The fraction of sp³-hybridized carbons (Fsp3) is 0.0667. The number of hydrogen-bond acceptors (Lipinski definition) is 6. The van der Waals surface area contributed by atoms with Crippen LogP contribution in [-0.4, -0.2) is 31.0 Å². The molecule has 0 saturated carbocycles. The first-order valence-corrected chi connectivity index (χ1v) is 7.90. The van der Waals surface area contributed by atoms with Crippen molar-refractivity contribution < 1.29 is 9.72 Å². The summed E-state index contributed by atoms with van der Waals surface area (Å²) >= 11 is 3.36. The minimum atomic E-state index is -0.520. The van der Waals surface area contributed by atoms with E-state index < -0.39 is 4.92 Å². The van der Waals surface area contributed by atoms with Gasteiger partial charge < -0.3 is 5.32 Å². The Hall–Kier alpha value is -3.14. The molecule has 0 aliphatic carbocycles. The smallest absolute Gasteiger partial charge is 0.269 e. The number of nitro groups is 1. The lowest BCUT2D eigenvalue weighted by Crippen LogP contribution is -2.24. The summed E-state index contributed by atoms with van der Waals surface area (Å²) in [6, 6.07) is 12.7. The summed E-state index contributed by atoms with van der Waals surface area (Å²) in [7, 11) is 0. The van der Waals surface area contributed by atoms with Gasteiger partial charge in [0.15, 0.2) is 5.82 Å². The van der Waals surface area contributed by atoms with Crippen LogP contribution < -0.4 is 5.32 Å². The molecule has 3 rings (SSSR count). The van der Waals surface area contributed by atoms with E-state index in [-0.39, 0.29) is 18.1 Å². The van der Waals surface area contributed by atoms with Gasteiger partial charge in [0.05, 0.1) is 17.2 Å². The van der Waals surface area contributed by atoms with Gasteiger partial charge in [-0.25, -0.2) is 0 Å². The summed E-state index contributed by atoms with van der Waals surface area (Å²) in [6.45, 7) is 0.110. The second-order valence-corrected chi connectivity index (χ2v) is 5.89. The lowest BCUT2D eigenvalue weighted by molar-refractivity contribution is -0.384. The molecule has 1 N–H and O–H groups in total. The fourth-order valence-electron chi connectivity index (χ4n) is 2.09. The molecule has 2 aromatic carbocycles. The number of nitrogens with zero attached hydrogens (tertiary/aromatic N) is 5. The fourth-order valence-corrected chi connectivity index (χ4v) is 2.36. The lowest BCUT2D eigenvalue weighted by atomic mass is 10.2. The minimum absolute atomic E-state index is 0.0734. The van der Waals surface area contributed by atoms with Gasteiger partial charge in [0.25, 0.3) is 11.6 Å². The van der Waals surface area contributed by atoms with Crippen molar-refractivity contribution in [2.75, 3.05) is 0 Å². The second kappa shape index (κ2) is 7.18. The number of aromatic nitrogens is 4. The van der Waals surface area contributed by atoms with Crippen LogP contribution >= 0.6 is 15.9 Å². The summed E-state index contributed by atoms with van der Waals surface area (Å²) in [5.74, 6) is 0.0813. The SMILES string of the molecule is O=C(NCc1nnnn1-c1ccc(Br)cc1)c1ccc([N+](=O)[O-])cc1. The van der Waals surface area contributed by atoms with Crippen molar-refractivity contribution in [2.24, 2.45) is 0 Å². The number of amides is 1. The van der Waals surface area contributed by atoms with Gasteiger partial charge in [-0.1, -0.05) is 15.9 Å². The topological polar surface area (TPSA) is 116 Å². The van der Waals surface area contributed by atoms with E-state index in [1.807, 2.05) is 24.3 Å². The molecule has 9 nitrogen and oxygen atoms in total. The highest BCUT2D eigenvalue weighted by molar-refractivity contribution is 9.10. The molecular formula is C15H11BrN6O3. The van der Waals surface area contributed by atoms with Gasteiger partial charge in [0.2, 0.25) is 0 Å². The van der Waals surface area contributed by atoms with Crippen LogP contribution in [0, 0.1) is 10.1 Å². The van der Waals surface area contributed by atoms with Crippen molar-refractivity contribution >= 4 is 27.5 Å². The van der Waals surface area contributed by atoms with Gasteiger partial charge in [0, 0.05) is 22.2 Å². The predicted octanol–water partition coefficient (Wildman–Crippen LogP) is 2.26. The first kappa shape index (κ1) is 16.7. The van der Waals surface area contributed by atoms with Crippen LogP contribution in [0.3, 0.4) is 0 Å². The molecule has 0 atom stereocenters. The van der Waals surface area contributed by atoms with E-state index >= 15 is 0 Å². The summed E-state index contributed by atoms with van der Waals surface area (Å²) in [5, 5.41) is 24.8. The Morgan fingerprint density at radius 1 is 1.16 bits per heavy atom. The Kier molecular flexibility index (Phi) is 4.80. The zero-order valence-electron chi connectivity index (χ0n) is 12.7. The monoisotopic (exact) mass is 402 g/mol. The van der Waals surface area contributed by atoms with Crippen LogP contribution in [-0.2, 0) is 6.54 Å². The molecule has 25 heavy (non-hydrogen) atoms. The first-order chi connectivity index (χ1) is 12.0. The van der Waals surface area contributed by atoms with Crippen LogP contribution in [0.15, 0.2) is 53.0 Å². The standard InChI is InChI=1S/C15H11BrN6O3/c16-11-3-7-12(8-4-11)21-14(18-19-20-21)9-17-15(23)10-1-5-13(6-2-10)22(24)25/h1-8H,9H2,(H,17,23). The third-order valence-corrected chi connectivity index (χ3v) is 3.88. The molecule has 0 unspecified atom stereocenters. The molecule has 0 radical (unpaired) electrons. The zero-order chi connectivity index (χ0) is 17.8. The quantitative estimate of drug-likeness (QED) is 0.516. The largest absolute Gasteiger partial charge is 0.345 e. The Bertz CT molecular complexity index is 908. The van der Waals surface area contributed by atoms with Gasteiger partial charge in [-0.2, -0.15) is 4.68 Å². The molecule has 3 aromatic rings. The Balaban J connectivity index is 1.70. The van der Waals surface area contributed by atoms with E-state index in [1.54, 1.807) is 0 Å². The highest BCUT2D eigenvalue weighted by Gasteiger charge is 2.12. The Morgan fingerprint density at radius 3 is 2.48 bits per heavy atom. The number of carbonyl (C=O) groups excluding carboxylic acids is 1. The van der Waals surface area contributed by atoms with Crippen molar-refractivity contribution in [3.05, 3.63) is 74.5 Å². The number of non-ortho nitro benzene ring substituents is 1. The molecule has 0 fully saturated rings. The maximum absolute atomic E-state index is 12.1. The molecule has 126 valence electrons. The third kappa shape index (κ3) is 3.86. The van der Waals surface area contributed by atoms with Gasteiger partial charge in [-0.3, -0.25) is 14.9 Å². The predicted molar refractivity (Wildman–Crippen MR) is 91.1 cm³/mol. The Morgan fingerprint density at radius 2 is 1.84 bits per heavy atom. The van der Waals surface area contributed by atoms with E-state index in [1.165, 1.54) is 28.9 Å². The van der Waals surface area contributed by atoms with Crippen molar-refractivity contribution in [3.8, 4) is 5.69 Å². The molecule has 0 bridgehead atoms. The highest BCUT2D eigenvalue weighted by atomic mass is 79.9. The summed E-state index contributed by atoms with van der Waals surface area (Å²) in [6.07, 6.45) is 0. The summed E-state index contributed by atoms with van der Waals surface area (Å²) in [4.78, 5) is 22.3. The van der Waals surface area contributed by atoms with Crippen LogP contribution in [0.25, 0.3) is 5.69 Å².